The molecule has 0 aliphatic rings. The summed E-state index contributed by atoms with van der Waals surface area (Å²) in [7, 11) is 0. The summed E-state index contributed by atoms with van der Waals surface area (Å²) >= 11 is 0. The second kappa shape index (κ2) is 2.93. The smallest absolute Gasteiger partial charge is 0.121 e. The maximum atomic E-state index is 9.25. The van der Waals surface area contributed by atoms with Gasteiger partial charge in [0.15, 0.2) is 0 Å². The SMILES string of the molecule is Cc1ccc(O)c([C@@H](C)O)c1. The first-order valence-corrected chi connectivity index (χ1v) is 3.59. The van der Waals surface area contributed by atoms with Crippen LogP contribution >= 0.6 is 0 Å². The van der Waals surface area contributed by atoms with Crippen LogP contribution in [0.25, 0.3) is 0 Å². The minimum absolute atomic E-state index is 0.158. The topological polar surface area (TPSA) is 40.5 Å². The number of phenols is 1. The lowest BCUT2D eigenvalue weighted by molar-refractivity contribution is 0.195. The fourth-order valence-corrected chi connectivity index (χ4v) is 1.01. The van der Waals surface area contributed by atoms with Gasteiger partial charge in [-0.2, -0.15) is 0 Å². The summed E-state index contributed by atoms with van der Waals surface area (Å²) in [6.07, 6.45) is -0.602. The lowest BCUT2D eigenvalue weighted by Crippen LogP contribution is -1.91. The Morgan fingerprint density at radius 1 is 1.36 bits per heavy atom. The van der Waals surface area contributed by atoms with Gasteiger partial charge in [0.25, 0.3) is 0 Å². The van der Waals surface area contributed by atoms with Crippen molar-refractivity contribution in [1.82, 2.24) is 0 Å². The minimum atomic E-state index is -0.602. The third-order valence-corrected chi connectivity index (χ3v) is 1.63. The van der Waals surface area contributed by atoms with Crippen LogP contribution in [0.5, 0.6) is 5.75 Å². The molecule has 1 atom stereocenters. The molecule has 0 aliphatic heterocycles. The number of aromatic hydroxyl groups is 1. The molecule has 0 heterocycles. The lowest BCUT2D eigenvalue weighted by Gasteiger charge is -2.07. The van der Waals surface area contributed by atoms with Gasteiger partial charge in [-0.15, -0.1) is 0 Å². The maximum Gasteiger partial charge on any atom is 0.121 e. The van der Waals surface area contributed by atoms with E-state index in [1.807, 2.05) is 6.92 Å². The zero-order chi connectivity index (χ0) is 8.43. The molecular formula is C9H12O2. The molecule has 0 unspecified atom stereocenters. The van der Waals surface area contributed by atoms with Crippen molar-refractivity contribution >= 4 is 0 Å². The molecule has 0 fully saturated rings. The molecule has 2 nitrogen and oxygen atoms in total. The number of rotatable bonds is 1. The van der Waals surface area contributed by atoms with E-state index in [0.29, 0.717) is 5.56 Å². The zero-order valence-electron chi connectivity index (χ0n) is 6.70. The highest BCUT2D eigenvalue weighted by Gasteiger charge is 2.05. The molecule has 2 N–H and O–H groups in total. The average Bonchev–Trinajstić information content (AvgIpc) is 1.94. The van der Waals surface area contributed by atoms with E-state index in [2.05, 4.69) is 0 Å². The Morgan fingerprint density at radius 2 is 2.00 bits per heavy atom. The second-order valence-corrected chi connectivity index (χ2v) is 2.74. The fraction of sp³-hybridized carbons (Fsp3) is 0.333. The van der Waals surface area contributed by atoms with E-state index in [9.17, 15) is 5.11 Å². The Kier molecular flexibility index (Phi) is 2.15. The Labute approximate surface area is 66.1 Å². The Balaban J connectivity index is 3.13. The number of phenolic OH excluding ortho intramolecular Hbond substituents is 1. The molecule has 0 saturated heterocycles. The summed E-state index contributed by atoms with van der Waals surface area (Å²) in [5, 5.41) is 18.4. The summed E-state index contributed by atoms with van der Waals surface area (Å²) in [6, 6.07) is 5.18. The predicted molar refractivity (Wildman–Crippen MR) is 43.5 cm³/mol. The van der Waals surface area contributed by atoms with Crippen molar-refractivity contribution in [2.45, 2.75) is 20.0 Å². The number of aliphatic hydroxyl groups excluding tert-OH is 1. The fourth-order valence-electron chi connectivity index (χ4n) is 1.01. The van der Waals surface area contributed by atoms with E-state index in [4.69, 9.17) is 5.11 Å². The van der Waals surface area contributed by atoms with Gasteiger partial charge in [-0.25, -0.2) is 0 Å². The molecule has 0 aliphatic carbocycles. The molecular weight excluding hydrogens is 140 g/mol. The maximum absolute atomic E-state index is 9.25. The van der Waals surface area contributed by atoms with Gasteiger partial charge >= 0.3 is 0 Å². The first-order valence-electron chi connectivity index (χ1n) is 3.59. The van der Waals surface area contributed by atoms with Gasteiger partial charge in [0.05, 0.1) is 6.10 Å². The highest BCUT2D eigenvalue weighted by molar-refractivity contribution is 5.36. The highest BCUT2D eigenvalue weighted by Crippen LogP contribution is 2.24. The number of hydrogen-bond acceptors (Lipinski definition) is 2. The van der Waals surface area contributed by atoms with Crippen molar-refractivity contribution in [1.29, 1.82) is 0 Å². The Hall–Kier alpha value is -1.02. The Morgan fingerprint density at radius 3 is 2.45 bits per heavy atom. The number of benzene rings is 1. The van der Waals surface area contributed by atoms with Crippen molar-refractivity contribution in [3.05, 3.63) is 29.3 Å². The molecule has 0 saturated carbocycles. The summed E-state index contributed by atoms with van der Waals surface area (Å²) < 4.78 is 0. The largest absolute Gasteiger partial charge is 0.508 e. The lowest BCUT2D eigenvalue weighted by atomic mass is 10.1. The molecule has 60 valence electrons. The summed E-state index contributed by atoms with van der Waals surface area (Å²) in [4.78, 5) is 0. The van der Waals surface area contributed by atoms with Gasteiger partial charge in [-0.1, -0.05) is 11.6 Å². The molecule has 11 heavy (non-hydrogen) atoms. The number of aryl methyl sites for hydroxylation is 1. The van der Waals surface area contributed by atoms with E-state index < -0.39 is 6.10 Å². The molecule has 0 amide bonds. The van der Waals surface area contributed by atoms with Crippen molar-refractivity contribution in [3.8, 4) is 5.75 Å². The van der Waals surface area contributed by atoms with Crippen LogP contribution in [0.3, 0.4) is 0 Å². The minimum Gasteiger partial charge on any atom is -0.508 e. The van der Waals surface area contributed by atoms with Crippen LogP contribution in [0.15, 0.2) is 18.2 Å². The summed E-state index contributed by atoms with van der Waals surface area (Å²) in [5.41, 5.74) is 1.63. The van der Waals surface area contributed by atoms with Gasteiger partial charge < -0.3 is 10.2 Å². The molecule has 0 aromatic heterocycles. The van der Waals surface area contributed by atoms with Gasteiger partial charge in [0.1, 0.15) is 5.75 Å². The van der Waals surface area contributed by atoms with Crippen molar-refractivity contribution < 1.29 is 10.2 Å². The van der Waals surface area contributed by atoms with E-state index in [1.54, 1.807) is 25.1 Å². The zero-order valence-corrected chi connectivity index (χ0v) is 6.70. The summed E-state index contributed by atoms with van der Waals surface area (Å²) in [5.74, 6) is 0.158. The standard InChI is InChI=1S/C9H12O2/c1-6-3-4-9(11)8(5-6)7(2)10/h3-5,7,10-11H,1-2H3/t7-/m1/s1. The Bertz CT molecular complexity index is 254. The molecule has 2 heteroatoms. The van der Waals surface area contributed by atoms with Crippen LogP contribution in [-0.2, 0) is 0 Å². The molecule has 1 rings (SSSR count). The first kappa shape index (κ1) is 8.08. The molecule has 0 radical (unpaired) electrons. The normalized spacial score (nSPS) is 13.0. The van der Waals surface area contributed by atoms with E-state index in [0.717, 1.165) is 5.56 Å². The monoisotopic (exact) mass is 152 g/mol. The summed E-state index contributed by atoms with van der Waals surface area (Å²) in [6.45, 7) is 3.56. The molecule has 1 aromatic carbocycles. The third kappa shape index (κ3) is 1.71. The number of aliphatic hydroxyl groups is 1. The highest BCUT2D eigenvalue weighted by atomic mass is 16.3. The van der Waals surface area contributed by atoms with Crippen LogP contribution in [0, 0.1) is 6.92 Å². The van der Waals surface area contributed by atoms with Crippen LogP contribution in [0.4, 0.5) is 0 Å². The van der Waals surface area contributed by atoms with Crippen LogP contribution < -0.4 is 0 Å². The average molecular weight is 152 g/mol. The quantitative estimate of drug-likeness (QED) is 0.643. The first-order chi connectivity index (χ1) is 5.11. The molecule has 0 bridgehead atoms. The van der Waals surface area contributed by atoms with Crippen molar-refractivity contribution in [2.75, 3.05) is 0 Å². The van der Waals surface area contributed by atoms with E-state index in [1.165, 1.54) is 0 Å². The van der Waals surface area contributed by atoms with Crippen LogP contribution in [0.2, 0.25) is 0 Å². The van der Waals surface area contributed by atoms with Crippen LogP contribution in [-0.4, -0.2) is 10.2 Å². The van der Waals surface area contributed by atoms with Gasteiger partial charge in [-0.05, 0) is 26.0 Å². The van der Waals surface area contributed by atoms with Gasteiger partial charge in [0.2, 0.25) is 0 Å². The van der Waals surface area contributed by atoms with Gasteiger partial charge in [0, 0.05) is 5.56 Å². The molecule has 1 aromatic rings. The van der Waals surface area contributed by atoms with E-state index in [-0.39, 0.29) is 5.75 Å². The molecule has 0 spiro atoms. The second-order valence-electron chi connectivity index (χ2n) is 2.74. The third-order valence-electron chi connectivity index (χ3n) is 1.63. The van der Waals surface area contributed by atoms with Crippen LogP contribution in [0.1, 0.15) is 24.2 Å². The van der Waals surface area contributed by atoms with E-state index >= 15 is 0 Å². The van der Waals surface area contributed by atoms with Crippen molar-refractivity contribution in [2.24, 2.45) is 0 Å². The predicted octanol–water partition coefficient (Wildman–Crippen LogP) is 1.75. The van der Waals surface area contributed by atoms with Crippen molar-refractivity contribution in [3.63, 3.8) is 0 Å². The van der Waals surface area contributed by atoms with Gasteiger partial charge in [-0.3, -0.25) is 0 Å². The number of hydrogen-bond donors (Lipinski definition) is 2.